The molecule has 0 spiro atoms. The number of nitrogens with zero attached hydrogens (tertiary/aromatic N) is 3. The van der Waals surface area contributed by atoms with Gasteiger partial charge in [-0.1, -0.05) is 38.1 Å². The van der Waals surface area contributed by atoms with Crippen molar-refractivity contribution in [2.75, 3.05) is 24.8 Å². The lowest BCUT2D eigenvalue weighted by molar-refractivity contribution is -0.113. The predicted molar refractivity (Wildman–Crippen MR) is 152 cm³/mol. The largest absolute Gasteiger partial charge is 0.493 e. The third kappa shape index (κ3) is 6.66. The summed E-state index contributed by atoms with van der Waals surface area (Å²) in [6.45, 7) is 9.24. The summed E-state index contributed by atoms with van der Waals surface area (Å²) in [6, 6.07) is 7.75. The molecule has 1 aliphatic carbocycles. The van der Waals surface area contributed by atoms with Gasteiger partial charge in [0, 0.05) is 17.0 Å². The molecule has 0 atom stereocenters. The van der Waals surface area contributed by atoms with Crippen molar-refractivity contribution in [3.05, 3.63) is 52.9 Å². The molecule has 4 rings (SSSR count). The van der Waals surface area contributed by atoms with Crippen molar-refractivity contribution in [1.29, 1.82) is 0 Å². The average molecular weight is 555 g/mol. The average Bonchev–Trinajstić information content (AvgIpc) is 3.38. The first-order valence-corrected chi connectivity index (χ1v) is 14.6. The molecule has 2 heterocycles. The fourth-order valence-electron chi connectivity index (χ4n) is 4.31. The smallest absolute Gasteiger partial charge is 0.341 e. The van der Waals surface area contributed by atoms with Crippen LogP contribution in [-0.4, -0.2) is 46.1 Å². The van der Waals surface area contributed by atoms with Gasteiger partial charge in [0.15, 0.2) is 11.0 Å². The fraction of sp³-hybridized carbons (Fsp3) is 0.429. The van der Waals surface area contributed by atoms with Crippen LogP contribution in [0, 0.1) is 5.92 Å². The number of hydrogen-bond acceptors (Lipinski definition) is 8. The van der Waals surface area contributed by atoms with Crippen molar-refractivity contribution in [1.82, 2.24) is 14.8 Å². The van der Waals surface area contributed by atoms with Crippen molar-refractivity contribution in [2.24, 2.45) is 5.92 Å². The topological polar surface area (TPSA) is 95.3 Å². The van der Waals surface area contributed by atoms with Gasteiger partial charge in [-0.3, -0.25) is 9.36 Å². The van der Waals surface area contributed by atoms with Crippen molar-refractivity contribution >= 4 is 40.0 Å². The highest BCUT2D eigenvalue weighted by atomic mass is 32.2. The molecule has 202 valence electrons. The molecule has 0 radical (unpaired) electrons. The number of methoxy groups -OCH3 is 1. The maximum Gasteiger partial charge on any atom is 0.341 e. The molecule has 10 heteroatoms. The summed E-state index contributed by atoms with van der Waals surface area (Å²) in [7, 11) is 1.38. The number of aromatic nitrogens is 3. The first-order valence-electron chi connectivity index (χ1n) is 12.8. The number of thiophene rings is 1. The Morgan fingerprint density at radius 1 is 1.18 bits per heavy atom. The lowest BCUT2D eigenvalue weighted by Gasteiger charge is -2.10. The Balaban J connectivity index is 1.46. The van der Waals surface area contributed by atoms with E-state index in [0.29, 0.717) is 40.6 Å². The van der Waals surface area contributed by atoms with Crippen LogP contribution in [0.5, 0.6) is 5.75 Å². The number of carbonyl (C=O) groups excluding carboxylic acids is 2. The van der Waals surface area contributed by atoms with Gasteiger partial charge in [-0.05, 0) is 61.4 Å². The predicted octanol–water partition coefficient (Wildman–Crippen LogP) is 6.01. The number of nitrogens with one attached hydrogen (secondary N) is 1. The molecule has 8 nitrogen and oxygen atoms in total. The van der Waals surface area contributed by atoms with Crippen molar-refractivity contribution in [3.8, 4) is 17.1 Å². The molecule has 2 aromatic heterocycles. The van der Waals surface area contributed by atoms with Gasteiger partial charge in [-0.2, -0.15) is 0 Å². The number of ether oxygens (including phenoxy) is 2. The van der Waals surface area contributed by atoms with E-state index in [4.69, 9.17) is 9.47 Å². The number of carbonyl (C=O) groups is 2. The van der Waals surface area contributed by atoms with Crippen LogP contribution in [-0.2, 0) is 28.9 Å². The molecule has 1 aromatic carbocycles. The van der Waals surface area contributed by atoms with Gasteiger partial charge in [0.25, 0.3) is 0 Å². The third-order valence-corrected chi connectivity index (χ3v) is 8.29. The number of thioether (sulfide) groups is 1. The van der Waals surface area contributed by atoms with E-state index in [9.17, 15) is 9.59 Å². The third-order valence-electron chi connectivity index (χ3n) is 6.12. The number of aryl methyl sites for hydroxylation is 1. The molecular weight excluding hydrogens is 520 g/mol. The second-order valence-corrected chi connectivity index (χ2v) is 11.6. The number of amides is 1. The quantitative estimate of drug-likeness (QED) is 0.134. The Kier molecular flexibility index (Phi) is 9.63. The van der Waals surface area contributed by atoms with Crippen LogP contribution >= 0.6 is 23.1 Å². The van der Waals surface area contributed by atoms with E-state index in [0.717, 1.165) is 49.0 Å². The Bertz CT molecular complexity index is 1280. The molecule has 1 aliphatic rings. The highest BCUT2D eigenvalue weighted by Crippen LogP contribution is 2.38. The summed E-state index contributed by atoms with van der Waals surface area (Å²) in [5.74, 6) is 1.46. The van der Waals surface area contributed by atoms with E-state index in [1.54, 1.807) is 6.08 Å². The van der Waals surface area contributed by atoms with Crippen LogP contribution in [0.3, 0.4) is 0 Å². The highest BCUT2D eigenvalue weighted by Gasteiger charge is 2.26. The number of rotatable bonds is 11. The number of anilines is 1. The molecule has 38 heavy (non-hydrogen) atoms. The number of allylic oxidation sites excluding steroid dienone is 1. The van der Waals surface area contributed by atoms with Gasteiger partial charge in [-0.15, -0.1) is 28.1 Å². The van der Waals surface area contributed by atoms with E-state index in [-0.39, 0.29) is 11.7 Å². The van der Waals surface area contributed by atoms with E-state index in [1.807, 2.05) is 28.8 Å². The van der Waals surface area contributed by atoms with Crippen molar-refractivity contribution in [3.63, 3.8) is 0 Å². The molecule has 1 N–H and O–H groups in total. The van der Waals surface area contributed by atoms with Crippen LogP contribution in [0.2, 0.25) is 0 Å². The molecule has 0 unspecified atom stereocenters. The van der Waals surface area contributed by atoms with Gasteiger partial charge in [0.2, 0.25) is 5.91 Å². The Hall–Kier alpha value is -3.11. The van der Waals surface area contributed by atoms with E-state index in [2.05, 4.69) is 35.9 Å². The molecule has 0 bridgehead atoms. The Morgan fingerprint density at radius 2 is 1.95 bits per heavy atom. The molecule has 0 saturated heterocycles. The van der Waals surface area contributed by atoms with Gasteiger partial charge in [0.05, 0.1) is 25.0 Å². The Morgan fingerprint density at radius 3 is 2.66 bits per heavy atom. The molecular formula is C28H34N4O4S2. The van der Waals surface area contributed by atoms with Crippen molar-refractivity contribution < 1.29 is 19.1 Å². The summed E-state index contributed by atoms with van der Waals surface area (Å²) in [5.41, 5.74) is 2.43. The summed E-state index contributed by atoms with van der Waals surface area (Å²) in [5, 5.41) is 12.9. The summed E-state index contributed by atoms with van der Waals surface area (Å²) < 4.78 is 12.8. The minimum absolute atomic E-state index is 0.125. The lowest BCUT2D eigenvalue weighted by Crippen LogP contribution is -2.16. The van der Waals surface area contributed by atoms with Crippen LogP contribution in [0.4, 0.5) is 5.00 Å². The summed E-state index contributed by atoms with van der Waals surface area (Å²) in [6.07, 6.45) is 6.80. The van der Waals surface area contributed by atoms with Crippen LogP contribution in [0.15, 0.2) is 42.1 Å². The zero-order chi connectivity index (χ0) is 27.1. The molecule has 1 amide bonds. The van der Waals surface area contributed by atoms with E-state index in [1.165, 1.54) is 35.1 Å². The minimum Gasteiger partial charge on any atom is -0.493 e. The minimum atomic E-state index is -0.400. The molecule has 0 saturated carbocycles. The maximum atomic E-state index is 13.0. The van der Waals surface area contributed by atoms with Crippen LogP contribution in [0.25, 0.3) is 11.4 Å². The Labute approximate surface area is 231 Å². The van der Waals surface area contributed by atoms with Gasteiger partial charge in [-0.25, -0.2) is 4.79 Å². The van der Waals surface area contributed by atoms with Crippen molar-refractivity contribution in [2.45, 2.75) is 57.7 Å². The normalized spacial score (nSPS) is 13.1. The van der Waals surface area contributed by atoms with E-state index >= 15 is 0 Å². The SMILES string of the molecule is C=CCn1c(SCC(=O)Nc2sc3c(c2C(=O)OC)CCCCC3)nnc1-c1ccc(OCC(C)C)cc1. The first-order chi connectivity index (χ1) is 18.4. The zero-order valence-corrected chi connectivity index (χ0v) is 23.8. The standard InChI is InChI=1S/C28H34N4O4S2/c1-5-15-32-25(19-11-13-20(14-12-19)36-16-18(2)3)30-31-28(32)37-17-23(33)29-26-24(27(34)35-4)21-9-7-6-8-10-22(21)38-26/h5,11-14,18H,1,6-10,15-17H2,2-4H3,(H,29,33). The molecule has 0 aliphatic heterocycles. The number of benzene rings is 1. The van der Waals surface area contributed by atoms with Gasteiger partial charge in [0.1, 0.15) is 10.8 Å². The number of esters is 1. The summed E-state index contributed by atoms with van der Waals surface area (Å²) in [4.78, 5) is 26.7. The zero-order valence-electron chi connectivity index (χ0n) is 22.1. The molecule has 3 aromatic rings. The number of fused-ring (bicyclic) bond motifs is 1. The van der Waals surface area contributed by atoms with Gasteiger partial charge < -0.3 is 14.8 Å². The fourth-order valence-corrected chi connectivity index (χ4v) is 6.35. The monoisotopic (exact) mass is 554 g/mol. The first kappa shape index (κ1) is 27.9. The van der Waals surface area contributed by atoms with Crippen LogP contribution < -0.4 is 10.1 Å². The maximum absolute atomic E-state index is 13.0. The second-order valence-electron chi connectivity index (χ2n) is 9.53. The van der Waals surface area contributed by atoms with Crippen LogP contribution in [0.1, 0.15) is 53.9 Å². The molecule has 0 fully saturated rings. The second kappa shape index (κ2) is 13.1. The number of hydrogen-bond donors (Lipinski definition) is 1. The lowest BCUT2D eigenvalue weighted by atomic mass is 10.1. The highest BCUT2D eigenvalue weighted by molar-refractivity contribution is 7.99. The van der Waals surface area contributed by atoms with Gasteiger partial charge >= 0.3 is 5.97 Å². The summed E-state index contributed by atoms with van der Waals surface area (Å²) >= 11 is 2.78. The van der Waals surface area contributed by atoms with E-state index < -0.39 is 5.97 Å².